The summed E-state index contributed by atoms with van der Waals surface area (Å²) < 4.78 is 5.58. The molecule has 0 aromatic heterocycles. The summed E-state index contributed by atoms with van der Waals surface area (Å²) >= 11 is 0. The largest absolute Gasteiger partial charge is 0.493 e. The van der Waals surface area contributed by atoms with E-state index < -0.39 is 5.54 Å². The van der Waals surface area contributed by atoms with Crippen molar-refractivity contribution in [3.05, 3.63) is 53.6 Å². The van der Waals surface area contributed by atoms with Gasteiger partial charge < -0.3 is 10.5 Å². The summed E-state index contributed by atoms with van der Waals surface area (Å²) in [6.07, 6.45) is 1.26. The van der Waals surface area contributed by atoms with Crippen LogP contribution in [0.5, 0.6) is 5.75 Å². The second kappa shape index (κ2) is 5.62. The average molecular weight is 335 g/mol. The number of hydrogen-bond acceptors (Lipinski definition) is 4. The van der Waals surface area contributed by atoms with Gasteiger partial charge >= 0.3 is 0 Å². The summed E-state index contributed by atoms with van der Waals surface area (Å²) in [6, 6.07) is 14.5. The molecule has 0 aliphatic carbocycles. The van der Waals surface area contributed by atoms with E-state index in [9.17, 15) is 4.79 Å². The van der Waals surface area contributed by atoms with E-state index in [2.05, 4.69) is 29.3 Å². The van der Waals surface area contributed by atoms with Gasteiger partial charge in [-0.2, -0.15) is 0 Å². The highest BCUT2D eigenvalue weighted by molar-refractivity contribution is 5.98. The van der Waals surface area contributed by atoms with Crippen molar-refractivity contribution >= 4 is 11.9 Å². The van der Waals surface area contributed by atoms with Gasteiger partial charge in [-0.15, -0.1) is 0 Å². The highest BCUT2D eigenvalue weighted by Gasteiger charge is 2.36. The van der Waals surface area contributed by atoms with Gasteiger partial charge in [-0.3, -0.25) is 9.69 Å². The standard InChI is InChI=1S/C20H21N3O2/c1-20(12-18(24)23(2)19(21)22-20)16-5-3-4-13(11-16)14-6-7-17-15(10-14)8-9-25-17/h3-7,10-11H,8-9,12H2,1-2H3,(H2,21,22)/t20-/m0/s1. The molecule has 2 aromatic carbocycles. The molecular formula is C20H21N3O2. The van der Waals surface area contributed by atoms with Gasteiger partial charge in [0.2, 0.25) is 5.91 Å². The van der Waals surface area contributed by atoms with Crippen molar-refractivity contribution in [3.63, 3.8) is 0 Å². The highest BCUT2D eigenvalue weighted by Crippen LogP contribution is 2.36. The minimum atomic E-state index is -0.635. The molecule has 128 valence electrons. The Morgan fingerprint density at radius 1 is 1.20 bits per heavy atom. The average Bonchev–Trinajstić information content (AvgIpc) is 3.07. The summed E-state index contributed by atoms with van der Waals surface area (Å²) in [6.45, 7) is 2.71. The number of aliphatic imine (C=N–C) groups is 1. The number of carbonyl (C=O) groups is 1. The molecule has 2 aliphatic heterocycles. The molecule has 0 spiro atoms. The van der Waals surface area contributed by atoms with E-state index in [1.807, 2.05) is 25.1 Å². The van der Waals surface area contributed by atoms with E-state index in [0.29, 0.717) is 6.42 Å². The predicted molar refractivity (Wildman–Crippen MR) is 97.4 cm³/mol. The van der Waals surface area contributed by atoms with Gasteiger partial charge in [0.05, 0.1) is 18.6 Å². The van der Waals surface area contributed by atoms with Gasteiger partial charge in [0.25, 0.3) is 0 Å². The monoisotopic (exact) mass is 335 g/mol. The van der Waals surface area contributed by atoms with Crippen LogP contribution in [0, 0.1) is 0 Å². The van der Waals surface area contributed by atoms with Gasteiger partial charge in [-0.1, -0.05) is 24.3 Å². The number of hydrogen-bond donors (Lipinski definition) is 1. The van der Waals surface area contributed by atoms with E-state index >= 15 is 0 Å². The molecule has 1 atom stereocenters. The van der Waals surface area contributed by atoms with Crippen LogP contribution >= 0.6 is 0 Å². The van der Waals surface area contributed by atoms with Crippen molar-refractivity contribution in [2.24, 2.45) is 10.7 Å². The van der Waals surface area contributed by atoms with Crippen LogP contribution in [0.2, 0.25) is 0 Å². The first-order chi connectivity index (χ1) is 12.0. The quantitative estimate of drug-likeness (QED) is 0.917. The molecule has 2 aliphatic rings. The zero-order chi connectivity index (χ0) is 17.6. The third-order valence-electron chi connectivity index (χ3n) is 5.08. The van der Waals surface area contributed by atoms with E-state index in [1.54, 1.807) is 7.05 Å². The molecule has 2 aromatic rings. The van der Waals surface area contributed by atoms with Gasteiger partial charge in [-0.25, -0.2) is 4.99 Å². The van der Waals surface area contributed by atoms with Crippen molar-refractivity contribution in [1.82, 2.24) is 4.90 Å². The van der Waals surface area contributed by atoms with Crippen LogP contribution in [0.15, 0.2) is 47.5 Å². The summed E-state index contributed by atoms with van der Waals surface area (Å²) in [4.78, 5) is 18.2. The lowest BCUT2D eigenvalue weighted by atomic mass is 9.86. The molecule has 4 rings (SSSR count). The Bertz CT molecular complexity index is 890. The maximum Gasteiger partial charge on any atom is 0.231 e. The van der Waals surface area contributed by atoms with Crippen LogP contribution < -0.4 is 10.5 Å². The number of fused-ring (bicyclic) bond motifs is 1. The summed E-state index contributed by atoms with van der Waals surface area (Å²) in [5.74, 6) is 1.22. The van der Waals surface area contributed by atoms with Gasteiger partial charge in [0.15, 0.2) is 5.96 Å². The lowest BCUT2D eigenvalue weighted by molar-refractivity contribution is -0.128. The zero-order valence-electron chi connectivity index (χ0n) is 14.5. The Kier molecular flexibility index (Phi) is 3.53. The number of rotatable bonds is 2. The van der Waals surface area contributed by atoms with Crippen LogP contribution in [-0.4, -0.2) is 30.4 Å². The number of guanidine groups is 1. The summed E-state index contributed by atoms with van der Waals surface area (Å²) in [5, 5.41) is 0. The van der Waals surface area contributed by atoms with Gasteiger partial charge in [0, 0.05) is 13.5 Å². The van der Waals surface area contributed by atoms with Crippen molar-refractivity contribution in [3.8, 4) is 16.9 Å². The molecule has 25 heavy (non-hydrogen) atoms. The maximum atomic E-state index is 12.2. The number of benzene rings is 2. The minimum Gasteiger partial charge on any atom is -0.493 e. The fraction of sp³-hybridized carbons (Fsp3) is 0.300. The van der Waals surface area contributed by atoms with Crippen molar-refractivity contribution < 1.29 is 9.53 Å². The Hall–Kier alpha value is -2.82. The predicted octanol–water partition coefficient (Wildman–Crippen LogP) is 2.68. The van der Waals surface area contributed by atoms with Crippen LogP contribution in [0.4, 0.5) is 0 Å². The van der Waals surface area contributed by atoms with E-state index in [4.69, 9.17) is 10.5 Å². The van der Waals surface area contributed by atoms with Crippen LogP contribution in [-0.2, 0) is 16.8 Å². The maximum absolute atomic E-state index is 12.2. The highest BCUT2D eigenvalue weighted by atomic mass is 16.5. The Labute approximate surface area is 147 Å². The third kappa shape index (κ3) is 2.65. The molecule has 2 heterocycles. The van der Waals surface area contributed by atoms with Crippen LogP contribution in [0.1, 0.15) is 24.5 Å². The molecule has 2 N–H and O–H groups in total. The number of nitrogens with two attached hydrogens (primary N) is 1. The Morgan fingerprint density at radius 2 is 2.00 bits per heavy atom. The first-order valence-corrected chi connectivity index (χ1v) is 8.45. The zero-order valence-corrected chi connectivity index (χ0v) is 14.5. The second-order valence-corrected chi connectivity index (χ2v) is 6.88. The Morgan fingerprint density at radius 3 is 2.80 bits per heavy atom. The summed E-state index contributed by atoms with van der Waals surface area (Å²) in [5.41, 5.74) is 9.78. The Balaban J connectivity index is 1.74. The van der Waals surface area contributed by atoms with Crippen molar-refractivity contribution in [2.45, 2.75) is 25.3 Å². The first-order valence-electron chi connectivity index (χ1n) is 8.45. The molecule has 0 saturated carbocycles. The molecule has 0 fully saturated rings. The summed E-state index contributed by atoms with van der Waals surface area (Å²) in [7, 11) is 1.66. The molecule has 0 radical (unpaired) electrons. The minimum absolute atomic E-state index is 0.0184. The third-order valence-corrected chi connectivity index (χ3v) is 5.08. The second-order valence-electron chi connectivity index (χ2n) is 6.88. The van der Waals surface area contributed by atoms with Crippen LogP contribution in [0.25, 0.3) is 11.1 Å². The number of amides is 1. The van der Waals surface area contributed by atoms with E-state index in [1.165, 1.54) is 10.5 Å². The lowest BCUT2D eigenvalue weighted by Gasteiger charge is -2.33. The van der Waals surface area contributed by atoms with Gasteiger partial charge in [0.1, 0.15) is 5.75 Å². The fourth-order valence-corrected chi connectivity index (χ4v) is 3.47. The van der Waals surface area contributed by atoms with E-state index in [0.717, 1.165) is 35.5 Å². The number of nitrogens with zero attached hydrogens (tertiary/aromatic N) is 2. The number of carbonyl (C=O) groups excluding carboxylic acids is 1. The molecule has 5 nitrogen and oxygen atoms in total. The van der Waals surface area contributed by atoms with Crippen LogP contribution in [0.3, 0.4) is 0 Å². The van der Waals surface area contributed by atoms with Crippen molar-refractivity contribution in [2.75, 3.05) is 13.7 Å². The molecule has 0 bridgehead atoms. The fourth-order valence-electron chi connectivity index (χ4n) is 3.47. The SMILES string of the molecule is CN1C(=O)C[C@@](C)(c2cccc(-c3ccc4c(c3)CCO4)c2)N=C1N. The smallest absolute Gasteiger partial charge is 0.231 e. The van der Waals surface area contributed by atoms with Crippen molar-refractivity contribution in [1.29, 1.82) is 0 Å². The van der Waals surface area contributed by atoms with E-state index in [-0.39, 0.29) is 11.9 Å². The molecule has 1 amide bonds. The topological polar surface area (TPSA) is 67.9 Å². The first kappa shape index (κ1) is 15.7. The van der Waals surface area contributed by atoms with Gasteiger partial charge in [-0.05, 0) is 47.4 Å². The molecule has 5 heteroatoms. The molecular weight excluding hydrogens is 314 g/mol. The number of ether oxygens (including phenoxy) is 1. The molecule has 0 unspecified atom stereocenters. The normalized spacial score (nSPS) is 22.4. The lowest BCUT2D eigenvalue weighted by Crippen LogP contribution is -2.47. The molecule has 0 saturated heterocycles.